The van der Waals surface area contributed by atoms with Gasteiger partial charge in [-0.3, -0.25) is 14.9 Å². The molecule has 0 spiro atoms. The molecule has 0 aliphatic carbocycles. The summed E-state index contributed by atoms with van der Waals surface area (Å²) in [7, 11) is 0. The Labute approximate surface area is 123 Å². The molecule has 8 nitrogen and oxygen atoms in total. The number of aromatic nitrogens is 1. The van der Waals surface area contributed by atoms with Crippen molar-refractivity contribution >= 4 is 23.3 Å². The van der Waals surface area contributed by atoms with E-state index in [9.17, 15) is 14.9 Å². The van der Waals surface area contributed by atoms with E-state index in [0.717, 1.165) is 13.0 Å². The number of hydrogen-bond acceptors (Lipinski definition) is 7. The van der Waals surface area contributed by atoms with E-state index in [0.29, 0.717) is 12.4 Å². The predicted octanol–water partition coefficient (Wildman–Crippen LogP) is 2.18. The summed E-state index contributed by atoms with van der Waals surface area (Å²) in [5, 5.41) is 16.8. The average Bonchev–Trinajstić information content (AvgIpc) is 2.45. The molecular weight excluding hydrogens is 276 g/mol. The van der Waals surface area contributed by atoms with Gasteiger partial charge in [0.25, 0.3) is 0 Å². The molecule has 0 aliphatic heterocycles. The smallest absolute Gasteiger partial charge is 0.311 e. The van der Waals surface area contributed by atoms with Crippen LogP contribution in [0.1, 0.15) is 26.7 Å². The van der Waals surface area contributed by atoms with Gasteiger partial charge in [0.2, 0.25) is 5.82 Å². The Hall–Kier alpha value is -2.38. The molecule has 0 aliphatic rings. The molecule has 8 heteroatoms. The van der Waals surface area contributed by atoms with Crippen molar-refractivity contribution in [2.75, 3.05) is 30.3 Å². The molecule has 2 N–H and O–H groups in total. The summed E-state index contributed by atoms with van der Waals surface area (Å²) in [5.74, 6) is 0.347. The van der Waals surface area contributed by atoms with E-state index in [1.165, 1.54) is 6.07 Å². The number of esters is 1. The van der Waals surface area contributed by atoms with Crippen LogP contribution in [-0.2, 0) is 9.53 Å². The highest BCUT2D eigenvalue weighted by Crippen LogP contribution is 2.23. The maximum Gasteiger partial charge on any atom is 0.311 e. The topological polar surface area (TPSA) is 106 Å². The Morgan fingerprint density at radius 1 is 1.33 bits per heavy atom. The van der Waals surface area contributed by atoms with Crippen LogP contribution in [0, 0.1) is 10.1 Å². The first-order chi connectivity index (χ1) is 10.1. The number of ether oxygens (including phenoxy) is 1. The van der Waals surface area contributed by atoms with Gasteiger partial charge in [0.15, 0.2) is 0 Å². The standard InChI is InChI=1S/C13H20N4O4/c1-3-8-14-11-6-5-10(17(19)20)13(16-11)15-9-7-12(18)21-4-2/h5-6H,3-4,7-9H2,1-2H3,(H2,14,15,16). The quantitative estimate of drug-likeness (QED) is 0.408. The number of nitrogens with one attached hydrogen (secondary N) is 2. The third-order valence-electron chi connectivity index (χ3n) is 2.55. The van der Waals surface area contributed by atoms with Gasteiger partial charge in [0.1, 0.15) is 5.82 Å². The van der Waals surface area contributed by atoms with Gasteiger partial charge >= 0.3 is 11.7 Å². The van der Waals surface area contributed by atoms with E-state index in [1.54, 1.807) is 13.0 Å². The monoisotopic (exact) mass is 296 g/mol. The number of nitrogens with zero attached hydrogens (tertiary/aromatic N) is 2. The molecule has 1 rings (SSSR count). The fraction of sp³-hybridized carbons (Fsp3) is 0.538. The van der Waals surface area contributed by atoms with Gasteiger partial charge in [0.05, 0.1) is 18.0 Å². The molecule has 0 saturated heterocycles. The van der Waals surface area contributed by atoms with Crippen molar-refractivity contribution in [2.45, 2.75) is 26.7 Å². The van der Waals surface area contributed by atoms with Crippen molar-refractivity contribution in [3.63, 3.8) is 0 Å². The zero-order valence-electron chi connectivity index (χ0n) is 12.2. The molecule has 116 valence electrons. The molecule has 0 saturated carbocycles. The first kappa shape index (κ1) is 16.7. The van der Waals surface area contributed by atoms with Gasteiger partial charge in [-0.1, -0.05) is 6.92 Å². The van der Waals surface area contributed by atoms with Crippen LogP contribution in [0.3, 0.4) is 0 Å². The summed E-state index contributed by atoms with van der Waals surface area (Å²) in [5.41, 5.74) is -0.124. The molecule has 1 aromatic heterocycles. The molecule has 1 heterocycles. The van der Waals surface area contributed by atoms with Crippen LogP contribution in [0.4, 0.5) is 17.3 Å². The third-order valence-corrected chi connectivity index (χ3v) is 2.55. The summed E-state index contributed by atoms with van der Waals surface area (Å²) in [6, 6.07) is 2.95. The molecule has 0 unspecified atom stereocenters. The number of nitro groups is 1. The van der Waals surface area contributed by atoms with E-state index in [4.69, 9.17) is 4.74 Å². The van der Waals surface area contributed by atoms with Gasteiger partial charge in [-0.05, 0) is 19.4 Å². The van der Waals surface area contributed by atoms with E-state index < -0.39 is 4.92 Å². The molecule has 1 aromatic rings. The van der Waals surface area contributed by atoms with Crippen molar-refractivity contribution < 1.29 is 14.5 Å². The van der Waals surface area contributed by atoms with Gasteiger partial charge < -0.3 is 15.4 Å². The molecule has 0 atom stereocenters. The molecule has 0 radical (unpaired) electrons. The minimum Gasteiger partial charge on any atom is -0.466 e. The maximum absolute atomic E-state index is 11.2. The van der Waals surface area contributed by atoms with Crippen LogP contribution in [0.25, 0.3) is 0 Å². The average molecular weight is 296 g/mol. The van der Waals surface area contributed by atoms with E-state index in [1.807, 2.05) is 6.92 Å². The molecule has 21 heavy (non-hydrogen) atoms. The van der Waals surface area contributed by atoms with Crippen molar-refractivity contribution in [3.05, 3.63) is 22.2 Å². The van der Waals surface area contributed by atoms with Crippen LogP contribution in [0.15, 0.2) is 12.1 Å². The lowest BCUT2D eigenvalue weighted by atomic mass is 10.3. The number of carbonyl (C=O) groups excluding carboxylic acids is 1. The highest BCUT2D eigenvalue weighted by molar-refractivity contribution is 5.70. The summed E-state index contributed by atoms with van der Waals surface area (Å²) in [6.45, 7) is 5.00. The fourth-order valence-electron chi connectivity index (χ4n) is 1.60. The minimum atomic E-state index is -0.511. The lowest BCUT2D eigenvalue weighted by Crippen LogP contribution is -2.13. The number of hydrogen-bond donors (Lipinski definition) is 2. The van der Waals surface area contributed by atoms with Crippen LogP contribution >= 0.6 is 0 Å². The van der Waals surface area contributed by atoms with E-state index >= 15 is 0 Å². The van der Waals surface area contributed by atoms with Gasteiger partial charge in [-0.25, -0.2) is 4.98 Å². The molecule has 0 amide bonds. The summed E-state index contributed by atoms with van der Waals surface area (Å²) in [4.78, 5) is 25.8. The maximum atomic E-state index is 11.2. The van der Waals surface area contributed by atoms with Gasteiger partial charge in [-0.2, -0.15) is 0 Å². The van der Waals surface area contributed by atoms with Gasteiger partial charge in [0, 0.05) is 19.2 Å². The minimum absolute atomic E-state index is 0.124. The Kier molecular flexibility index (Phi) is 6.93. The normalized spacial score (nSPS) is 10.0. The third kappa shape index (κ3) is 5.64. The summed E-state index contributed by atoms with van der Waals surface area (Å²) < 4.78 is 4.79. The fourth-order valence-corrected chi connectivity index (χ4v) is 1.60. The Bertz CT molecular complexity index is 493. The molecular formula is C13H20N4O4. The van der Waals surface area contributed by atoms with E-state index in [2.05, 4.69) is 15.6 Å². The highest BCUT2D eigenvalue weighted by atomic mass is 16.6. The second-order valence-electron chi connectivity index (χ2n) is 4.23. The van der Waals surface area contributed by atoms with Crippen LogP contribution in [-0.4, -0.2) is 35.6 Å². The number of pyridine rings is 1. The number of carbonyl (C=O) groups is 1. The second-order valence-corrected chi connectivity index (χ2v) is 4.23. The van der Waals surface area contributed by atoms with Crippen molar-refractivity contribution in [1.82, 2.24) is 4.98 Å². The molecule has 0 fully saturated rings. The zero-order valence-corrected chi connectivity index (χ0v) is 12.2. The Morgan fingerprint density at radius 3 is 2.71 bits per heavy atom. The molecule has 0 aromatic carbocycles. The van der Waals surface area contributed by atoms with Crippen LogP contribution in [0.2, 0.25) is 0 Å². The Morgan fingerprint density at radius 2 is 2.10 bits per heavy atom. The van der Waals surface area contributed by atoms with E-state index in [-0.39, 0.29) is 30.4 Å². The Balaban J connectivity index is 2.71. The van der Waals surface area contributed by atoms with Crippen molar-refractivity contribution in [3.8, 4) is 0 Å². The number of anilines is 2. The van der Waals surface area contributed by atoms with Crippen molar-refractivity contribution in [2.24, 2.45) is 0 Å². The van der Waals surface area contributed by atoms with Crippen molar-refractivity contribution in [1.29, 1.82) is 0 Å². The summed E-state index contributed by atoms with van der Waals surface area (Å²) >= 11 is 0. The lowest BCUT2D eigenvalue weighted by Gasteiger charge is -2.09. The first-order valence-electron chi connectivity index (χ1n) is 6.87. The summed E-state index contributed by atoms with van der Waals surface area (Å²) in [6.07, 6.45) is 1.05. The van der Waals surface area contributed by atoms with Crippen LogP contribution in [0.5, 0.6) is 0 Å². The number of rotatable bonds is 9. The molecule has 0 bridgehead atoms. The first-order valence-corrected chi connectivity index (χ1v) is 6.87. The SMILES string of the molecule is CCCNc1ccc([N+](=O)[O-])c(NCCC(=O)OCC)n1. The predicted molar refractivity (Wildman–Crippen MR) is 79.4 cm³/mol. The zero-order chi connectivity index (χ0) is 15.7. The second kappa shape index (κ2) is 8.72. The van der Waals surface area contributed by atoms with Gasteiger partial charge in [-0.15, -0.1) is 0 Å². The van der Waals surface area contributed by atoms with Crippen LogP contribution < -0.4 is 10.6 Å². The highest BCUT2D eigenvalue weighted by Gasteiger charge is 2.16. The lowest BCUT2D eigenvalue weighted by molar-refractivity contribution is -0.384. The largest absolute Gasteiger partial charge is 0.466 e.